The average Bonchev–Trinajstić information content (AvgIpc) is 2.36. The molecule has 1 atom stereocenters. The Morgan fingerprint density at radius 2 is 2.23 bits per heavy atom. The first-order chi connectivity index (χ1) is 6.07. The number of likely N-dealkylation sites (N-methyl/N-ethyl adjacent to an activating group) is 1. The highest BCUT2D eigenvalue weighted by Crippen LogP contribution is 2.13. The van der Waals surface area contributed by atoms with Crippen molar-refractivity contribution >= 4 is 0 Å². The third kappa shape index (κ3) is 6.83. The van der Waals surface area contributed by atoms with Gasteiger partial charge < -0.3 is 14.8 Å². The Labute approximate surface area is 76.2 Å². The summed E-state index contributed by atoms with van der Waals surface area (Å²) in [6, 6.07) is 0.565. The van der Waals surface area contributed by atoms with Crippen LogP contribution in [0.4, 0.5) is 8.78 Å². The molecule has 1 heterocycles. The number of rotatable bonds is 2. The van der Waals surface area contributed by atoms with Crippen LogP contribution in [0, 0.1) is 0 Å². The number of alkyl halides is 2. The molecule has 0 aliphatic carbocycles. The maximum atomic E-state index is 9.89. The molecule has 0 aromatic heterocycles. The molecule has 6 heteroatoms. The molecule has 0 spiro atoms. The molecular formula is C7H16F2N2O2. The number of aliphatic hydroxyl groups is 1. The highest BCUT2D eigenvalue weighted by molar-refractivity contribution is 4.74. The van der Waals surface area contributed by atoms with Crippen molar-refractivity contribution in [2.24, 2.45) is 5.90 Å². The topological polar surface area (TPSA) is 58.7 Å². The van der Waals surface area contributed by atoms with Gasteiger partial charge in [-0.15, -0.1) is 0 Å². The fraction of sp³-hybridized carbons (Fsp3) is 1.00. The van der Waals surface area contributed by atoms with Crippen LogP contribution in [0.15, 0.2) is 0 Å². The number of hydrogen-bond acceptors (Lipinski definition) is 4. The van der Waals surface area contributed by atoms with Crippen molar-refractivity contribution < 1.29 is 18.7 Å². The van der Waals surface area contributed by atoms with Gasteiger partial charge in [0, 0.05) is 6.04 Å². The molecule has 80 valence electrons. The Kier molecular flexibility index (Phi) is 6.97. The van der Waals surface area contributed by atoms with Crippen molar-refractivity contribution in [1.29, 1.82) is 0 Å². The Balaban J connectivity index is 0.000000310. The molecule has 1 aliphatic heterocycles. The van der Waals surface area contributed by atoms with Crippen molar-refractivity contribution in [1.82, 2.24) is 4.90 Å². The number of nitrogens with zero attached hydrogens (tertiary/aromatic N) is 1. The summed E-state index contributed by atoms with van der Waals surface area (Å²) in [7, 11) is 2.11. The van der Waals surface area contributed by atoms with Crippen LogP contribution in [0.25, 0.3) is 0 Å². The third-order valence-corrected chi connectivity index (χ3v) is 1.96. The second kappa shape index (κ2) is 7.14. The molecule has 13 heavy (non-hydrogen) atoms. The number of halogens is 2. The van der Waals surface area contributed by atoms with Gasteiger partial charge in [-0.3, -0.25) is 0 Å². The van der Waals surface area contributed by atoms with Gasteiger partial charge >= 0.3 is 6.61 Å². The van der Waals surface area contributed by atoms with Gasteiger partial charge in [-0.2, -0.15) is 8.78 Å². The first-order valence-corrected chi connectivity index (χ1v) is 4.06. The second-order valence-corrected chi connectivity index (χ2v) is 2.89. The molecule has 0 radical (unpaired) electrons. The first-order valence-electron chi connectivity index (χ1n) is 4.06. The van der Waals surface area contributed by atoms with E-state index in [1.54, 1.807) is 0 Å². The van der Waals surface area contributed by atoms with E-state index in [0.717, 1.165) is 0 Å². The zero-order chi connectivity index (χ0) is 10.3. The first kappa shape index (κ1) is 12.7. The lowest BCUT2D eigenvalue weighted by molar-refractivity contribution is -0.0728. The smallest absolute Gasteiger partial charge is 0.339 e. The van der Waals surface area contributed by atoms with E-state index in [2.05, 4.69) is 16.8 Å². The Morgan fingerprint density at radius 1 is 1.69 bits per heavy atom. The van der Waals surface area contributed by atoms with Crippen molar-refractivity contribution in [2.45, 2.75) is 25.5 Å². The summed E-state index contributed by atoms with van der Waals surface area (Å²) in [5.74, 6) is 4.94. The van der Waals surface area contributed by atoms with E-state index in [9.17, 15) is 8.78 Å². The zero-order valence-electron chi connectivity index (χ0n) is 7.62. The van der Waals surface area contributed by atoms with Crippen LogP contribution in [-0.4, -0.2) is 42.9 Å². The van der Waals surface area contributed by atoms with Gasteiger partial charge in [-0.25, -0.2) is 5.90 Å². The molecular weight excluding hydrogens is 182 g/mol. The van der Waals surface area contributed by atoms with Gasteiger partial charge in [-0.05, 0) is 26.4 Å². The second-order valence-electron chi connectivity index (χ2n) is 2.89. The fourth-order valence-corrected chi connectivity index (χ4v) is 1.30. The normalized spacial score (nSPS) is 23.1. The van der Waals surface area contributed by atoms with E-state index in [-0.39, 0.29) is 0 Å². The molecule has 1 fully saturated rings. The minimum atomic E-state index is -3.17. The van der Waals surface area contributed by atoms with Crippen LogP contribution in [-0.2, 0) is 4.84 Å². The van der Waals surface area contributed by atoms with E-state index in [1.165, 1.54) is 19.4 Å². The van der Waals surface area contributed by atoms with E-state index >= 15 is 0 Å². The number of aliphatic hydroxyl groups excluding tert-OH is 1. The summed E-state index contributed by atoms with van der Waals surface area (Å²) < 4.78 is 19.8. The molecule has 0 bridgehead atoms. The van der Waals surface area contributed by atoms with Gasteiger partial charge in [0.05, 0.1) is 6.61 Å². The van der Waals surface area contributed by atoms with Crippen LogP contribution >= 0.6 is 0 Å². The standard InChI is InChI=1S/C6H14N2O.CH2F2O/c1-8-4-2-3-6(8)5-9-7;2-1(3)4/h6H,2-5,7H2,1H3;1,4H. The summed E-state index contributed by atoms with van der Waals surface area (Å²) in [5.41, 5.74) is 0. The van der Waals surface area contributed by atoms with Gasteiger partial charge in [0.2, 0.25) is 0 Å². The molecule has 1 unspecified atom stereocenters. The monoisotopic (exact) mass is 198 g/mol. The van der Waals surface area contributed by atoms with Crippen molar-refractivity contribution in [3.63, 3.8) is 0 Å². The van der Waals surface area contributed by atoms with E-state index in [0.29, 0.717) is 12.6 Å². The predicted octanol–water partition coefficient (Wildman–Crippen LogP) is 0.172. The molecule has 0 aromatic rings. The largest absolute Gasteiger partial charge is 0.342 e. The summed E-state index contributed by atoms with van der Waals surface area (Å²) >= 11 is 0. The molecule has 3 N–H and O–H groups in total. The van der Waals surface area contributed by atoms with Crippen LogP contribution in [0.1, 0.15) is 12.8 Å². The SMILES string of the molecule is CN1CCCC1CON.OC(F)F. The molecule has 1 aliphatic rings. The Morgan fingerprint density at radius 3 is 2.54 bits per heavy atom. The highest BCUT2D eigenvalue weighted by Gasteiger charge is 2.19. The predicted molar refractivity (Wildman–Crippen MR) is 44.0 cm³/mol. The van der Waals surface area contributed by atoms with Crippen LogP contribution < -0.4 is 5.90 Å². The lowest BCUT2D eigenvalue weighted by atomic mass is 10.2. The quantitative estimate of drug-likeness (QED) is 0.621. The summed E-state index contributed by atoms with van der Waals surface area (Å²) in [4.78, 5) is 6.84. The molecule has 4 nitrogen and oxygen atoms in total. The maximum Gasteiger partial charge on any atom is 0.342 e. The Hall–Kier alpha value is -0.300. The average molecular weight is 198 g/mol. The summed E-state index contributed by atoms with van der Waals surface area (Å²) in [6.45, 7) is -1.30. The van der Waals surface area contributed by atoms with E-state index in [1.807, 2.05) is 0 Å². The maximum absolute atomic E-state index is 9.89. The zero-order valence-corrected chi connectivity index (χ0v) is 7.62. The van der Waals surface area contributed by atoms with Crippen molar-refractivity contribution in [2.75, 3.05) is 20.2 Å². The fourth-order valence-electron chi connectivity index (χ4n) is 1.30. The van der Waals surface area contributed by atoms with Gasteiger partial charge in [0.15, 0.2) is 0 Å². The van der Waals surface area contributed by atoms with Crippen molar-refractivity contribution in [3.05, 3.63) is 0 Å². The lowest BCUT2D eigenvalue weighted by Gasteiger charge is -2.16. The summed E-state index contributed by atoms with van der Waals surface area (Å²) in [6.07, 6.45) is 2.51. The Bertz CT molecular complexity index is 124. The molecule has 1 rings (SSSR count). The highest BCUT2D eigenvalue weighted by atomic mass is 19.3. The minimum absolute atomic E-state index is 0.565. The van der Waals surface area contributed by atoms with Gasteiger partial charge in [-0.1, -0.05) is 0 Å². The van der Waals surface area contributed by atoms with Crippen molar-refractivity contribution in [3.8, 4) is 0 Å². The lowest BCUT2D eigenvalue weighted by Crippen LogP contribution is -2.30. The van der Waals surface area contributed by atoms with Crippen LogP contribution in [0.2, 0.25) is 0 Å². The van der Waals surface area contributed by atoms with Crippen LogP contribution in [0.3, 0.4) is 0 Å². The number of likely N-dealkylation sites (tertiary alicyclic amines) is 1. The van der Waals surface area contributed by atoms with E-state index < -0.39 is 6.61 Å². The molecule has 1 saturated heterocycles. The third-order valence-electron chi connectivity index (χ3n) is 1.96. The number of nitrogens with two attached hydrogens (primary N) is 1. The molecule has 0 aromatic carbocycles. The summed E-state index contributed by atoms with van der Waals surface area (Å²) in [5, 5.41) is 6.72. The van der Waals surface area contributed by atoms with E-state index in [4.69, 9.17) is 11.0 Å². The van der Waals surface area contributed by atoms with Crippen LogP contribution in [0.5, 0.6) is 0 Å². The molecule has 0 amide bonds. The van der Waals surface area contributed by atoms with Gasteiger partial charge in [0.1, 0.15) is 0 Å². The minimum Gasteiger partial charge on any atom is -0.339 e. The molecule has 0 saturated carbocycles. The number of hydrogen-bond donors (Lipinski definition) is 2. The van der Waals surface area contributed by atoms with Gasteiger partial charge in [0.25, 0.3) is 0 Å².